The molecule has 3 heteroatoms. The normalized spacial score (nSPS) is 33.4. The Morgan fingerprint density at radius 1 is 1.12 bits per heavy atom. The Balaban J connectivity index is 1.75. The van der Waals surface area contributed by atoms with Gasteiger partial charge in [0.1, 0.15) is 5.76 Å². The lowest BCUT2D eigenvalue weighted by Crippen LogP contribution is -2.26. The summed E-state index contributed by atoms with van der Waals surface area (Å²) in [4.78, 5) is 0. The maximum Gasteiger partial charge on any atom is 0.170 e. The van der Waals surface area contributed by atoms with Crippen LogP contribution in [0.4, 0.5) is 5.82 Å². The van der Waals surface area contributed by atoms with Crippen LogP contribution >= 0.6 is 0 Å². The third-order valence-corrected chi connectivity index (χ3v) is 4.91. The fourth-order valence-electron chi connectivity index (χ4n) is 3.85. The van der Waals surface area contributed by atoms with Crippen molar-refractivity contribution in [2.75, 3.05) is 5.73 Å². The van der Waals surface area contributed by atoms with Gasteiger partial charge in [-0.3, -0.25) is 0 Å². The Kier molecular flexibility index (Phi) is 2.85. The Morgan fingerprint density at radius 2 is 1.88 bits per heavy atom. The van der Waals surface area contributed by atoms with Gasteiger partial charge in [0.25, 0.3) is 0 Å². The highest BCUT2D eigenvalue weighted by molar-refractivity contribution is 5.40. The second kappa shape index (κ2) is 4.35. The highest BCUT2D eigenvalue weighted by atomic mass is 16.5. The number of anilines is 1. The molecular formula is C14H22N2O. The van der Waals surface area contributed by atoms with Crippen molar-refractivity contribution in [1.82, 2.24) is 5.16 Å². The molecule has 3 rings (SSSR count). The van der Waals surface area contributed by atoms with Gasteiger partial charge in [0, 0.05) is 11.5 Å². The summed E-state index contributed by atoms with van der Waals surface area (Å²) in [6.45, 7) is 2.04. The molecule has 1 aromatic heterocycles. The van der Waals surface area contributed by atoms with Gasteiger partial charge in [0.2, 0.25) is 0 Å². The zero-order chi connectivity index (χ0) is 11.8. The van der Waals surface area contributed by atoms with E-state index in [0.717, 1.165) is 23.2 Å². The second-order valence-electron chi connectivity index (χ2n) is 5.87. The first-order valence-electron chi connectivity index (χ1n) is 6.97. The van der Waals surface area contributed by atoms with Crippen molar-refractivity contribution in [3.63, 3.8) is 0 Å². The van der Waals surface area contributed by atoms with Crippen LogP contribution in [0.25, 0.3) is 0 Å². The zero-order valence-corrected chi connectivity index (χ0v) is 10.6. The molecule has 17 heavy (non-hydrogen) atoms. The highest BCUT2D eigenvalue weighted by Crippen LogP contribution is 2.46. The minimum absolute atomic E-state index is 0.569. The predicted molar refractivity (Wildman–Crippen MR) is 67.7 cm³/mol. The van der Waals surface area contributed by atoms with Gasteiger partial charge in [0.15, 0.2) is 5.82 Å². The first-order valence-corrected chi connectivity index (χ1v) is 6.97. The van der Waals surface area contributed by atoms with E-state index in [9.17, 15) is 0 Å². The summed E-state index contributed by atoms with van der Waals surface area (Å²) in [6.07, 6.45) is 9.66. The van der Waals surface area contributed by atoms with Crippen molar-refractivity contribution in [1.29, 1.82) is 0 Å². The van der Waals surface area contributed by atoms with Gasteiger partial charge in [-0.2, -0.15) is 0 Å². The topological polar surface area (TPSA) is 52.0 Å². The molecular weight excluding hydrogens is 212 g/mol. The maximum absolute atomic E-state index is 5.77. The van der Waals surface area contributed by atoms with E-state index in [1.807, 2.05) is 6.92 Å². The van der Waals surface area contributed by atoms with Gasteiger partial charge in [-0.25, -0.2) is 0 Å². The molecule has 2 aliphatic carbocycles. The quantitative estimate of drug-likeness (QED) is 0.807. The lowest BCUT2D eigenvalue weighted by Gasteiger charge is -2.38. The maximum atomic E-state index is 5.77. The van der Waals surface area contributed by atoms with E-state index in [0.29, 0.717) is 11.7 Å². The lowest BCUT2D eigenvalue weighted by molar-refractivity contribution is 0.144. The van der Waals surface area contributed by atoms with E-state index >= 15 is 0 Å². The van der Waals surface area contributed by atoms with E-state index in [4.69, 9.17) is 10.3 Å². The average Bonchev–Trinajstić information content (AvgIpc) is 2.70. The lowest BCUT2D eigenvalue weighted by atomic mass is 9.67. The van der Waals surface area contributed by atoms with Crippen molar-refractivity contribution in [3.05, 3.63) is 11.3 Å². The molecule has 2 N–H and O–H groups in total. The van der Waals surface area contributed by atoms with Crippen LogP contribution in [0.15, 0.2) is 4.52 Å². The van der Waals surface area contributed by atoms with E-state index in [1.54, 1.807) is 0 Å². The molecule has 3 atom stereocenters. The number of hydrogen-bond donors (Lipinski definition) is 1. The molecule has 2 saturated carbocycles. The Bertz CT molecular complexity index is 399. The van der Waals surface area contributed by atoms with Crippen LogP contribution in [0.2, 0.25) is 0 Å². The van der Waals surface area contributed by atoms with Crippen LogP contribution in [-0.4, -0.2) is 5.16 Å². The summed E-state index contributed by atoms with van der Waals surface area (Å²) in [7, 11) is 0. The van der Waals surface area contributed by atoms with Crippen LogP contribution < -0.4 is 5.73 Å². The van der Waals surface area contributed by atoms with Gasteiger partial charge in [-0.15, -0.1) is 0 Å². The SMILES string of the molecule is Cc1c(N)noc1C1CCC2CCCCC2C1. The fraction of sp³-hybridized carbons (Fsp3) is 0.786. The van der Waals surface area contributed by atoms with Gasteiger partial charge in [-0.1, -0.05) is 30.8 Å². The van der Waals surface area contributed by atoms with E-state index in [2.05, 4.69) is 5.16 Å². The molecule has 0 bridgehead atoms. The first kappa shape index (κ1) is 11.1. The van der Waals surface area contributed by atoms with Gasteiger partial charge in [-0.05, 0) is 38.0 Å². The van der Waals surface area contributed by atoms with Crippen molar-refractivity contribution in [3.8, 4) is 0 Å². The molecule has 0 radical (unpaired) electrons. The number of fused-ring (bicyclic) bond motifs is 1. The van der Waals surface area contributed by atoms with E-state index in [1.165, 1.54) is 44.9 Å². The summed E-state index contributed by atoms with van der Waals surface area (Å²) in [5.74, 6) is 4.12. The number of nitrogens with two attached hydrogens (primary N) is 1. The molecule has 3 nitrogen and oxygen atoms in total. The van der Waals surface area contributed by atoms with E-state index < -0.39 is 0 Å². The summed E-state index contributed by atoms with van der Waals surface area (Å²) in [5.41, 5.74) is 6.85. The number of nitrogen functional groups attached to an aromatic ring is 1. The molecule has 0 spiro atoms. The minimum Gasteiger partial charge on any atom is -0.381 e. The summed E-state index contributed by atoms with van der Waals surface area (Å²) >= 11 is 0. The molecule has 0 aromatic carbocycles. The molecule has 0 aliphatic heterocycles. The largest absolute Gasteiger partial charge is 0.381 e. The predicted octanol–water partition coefficient (Wildman–Crippen LogP) is 3.64. The summed E-state index contributed by atoms with van der Waals surface area (Å²) in [5, 5.41) is 3.90. The van der Waals surface area contributed by atoms with E-state index in [-0.39, 0.29) is 0 Å². The van der Waals surface area contributed by atoms with Gasteiger partial charge < -0.3 is 10.3 Å². The third-order valence-electron chi connectivity index (χ3n) is 4.91. The van der Waals surface area contributed by atoms with Crippen molar-refractivity contribution < 1.29 is 4.52 Å². The van der Waals surface area contributed by atoms with Crippen molar-refractivity contribution in [2.24, 2.45) is 11.8 Å². The summed E-state index contributed by atoms with van der Waals surface area (Å²) < 4.78 is 5.44. The van der Waals surface area contributed by atoms with Crippen LogP contribution in [0.5, 0.6) is 0 Å². The van der Waals surface area contributed by atoms with Gasteiger partial charge >= 0.3 is 0 Å². The number of nitrogens with zero attached hydrogens (tertiary/aromatic N) is 1. The number of aromatic nitrogens is 1. The zero-order valence-electron chi connectivity index (χ0n) is 10.6. The Hall–Kier alpha value is -0.990. The molecule has 1 aromatic rings. The van der Waals surface area contributed by atoms with Crippen LogP contribution in [-0.2, 0) is 0 Å². The van der Waals surface area contributed by atoms with Crippen LogP contribution in [0, 0.1) is 18.8 Å². The molecule has 0 saturated heterocycles. The van der Waals surface area contributed by atoms with Crippen LogP contribution in [0.3, 0.4) is 0 Å². The standard InChI is InChI=1S/C14H22N2O/c1-9-13(17-16-14(9)15)12-7-6-10-4-2-3-5-11(10)8-12/h10-12H,2-8H2,1H3,(H2,15,16). The summed E-state index contributed by atoms with van der Waals surface area (Å²) in [6, 6.07) is 0. The Labute approximate surface area is 103 Å². The molecule has 0 amide bonds. The Morgan fingerprint density at radius 3 is 2.59 bits per heavy atom. The molecule has 2 fully saturated rings. The highest BCUT2D eigenvalue weighted by Gasteiger charge is 2.35. The average molecular weight is 234 g/mol. The third kappa shape index (κ3) is 1.96. The number of hydrogen-bond acceptors (Lipinski definition) is 3. The first-order chi connectivity index (χ1) is 8.25. The minimum atomic E-state index is 0.569. The van der Waals surface area contributed by atoms with Crippen LogP contribution in [0.1, 0.15) is 62.2 Å². The monoisotopic (exact) mass is 234 g/mol. The molecule has 3 unspecified atom stereocenters. The smallest absolute Gasteiger partial charge is 0.170 e. The fourth-order valence-corrected chi connectivity index (χ4v) is 3.85. The molecule has 1 heterocycles. The molecule has 94 valence electrons. The molecule has 2 aliphatic rings. The van der Waals surface area contributed by atoms with Gasteiger partial charge in [0.05, 0.1) is 0 Å². The van der Waals surface area contributed by atoms with Crippen molar-refractivity contribution >= 4 is 5.82 Å². The second-order valence-corrected chi connectivity index (χ2v) is 5.87. The van der Waals surface area contributed by atoms with Crippen molar-refractivity contribution in [2.45, 2.75) is 57.8 Å². The number of rotatable bonds is 1.